The summed E-state index contributed by atoms with van der Waals surface area (Å²) in [6.45, 7) is 0. The van der Waals surface area contributed by atoms with Gasteiger partial charge in [0.2, 0.25) is 0 Å². The molecule has 0 aliphatic heterocycles. The van der Waals surface area contributed by atoms with E-state index in [9.17, 15) is 0 Å². The lowest BCUT2D eigenvalue weighted by atomic mass is 10.1. The zero-order valence-corrected chi connectivity index (χ0v) is 14.5. The van der Waals surface area contributed by atoms with Gasteiger partial charge in [-0.05, 0) is 41.3 Å². The summed E-state index contributed by atoms with van der Waals surface area (Å²) in [6, 6.07) is 16.6. The summed E-state index contributed by atoms with van der Waals surface area (Å²) in [5.41, 5.74) is 1.09. The first-order valence-electron chi connectivity index (χ1n) is 5.72. The van der Waals surface area contributed by atoms with Crippen molar-refractivity contribution in [2.75, 3.05) is 0 Å². The lowest BCUT2D eigenvalue weighted by Gasteiger charge is -2.10. The Kier molecular flexibility index (Phi) is 3.99. The average molecular weight is 417 g/mol. The molecule has 0 nitrogen and oxygen atoms in total. The maximum Gasteiger partial charge on any atom is 0.0939 e. The molecule has 1 unspecified atom stereocenters. The van der Waals surface area contributed by atoms with Gasteiger partial charge in [0.05, 0.1) is 5.38 Å². The van der Waals surface area contributed by atoms with E-state index < -0.39 is 0 Å². The molecule has 1 atom stereocenters. The third kappa shape index (κ3) is 2.75. The van der Waals surface area contributed by atoms with E-state index in [1.54, 1.807) is 11.3 Å². The van der Waals surface area contributed by atoms with Crippen LogP contribution in [0, 0.1) is 0 Å². The molecule has 4 heteroatoms. The van der Waals surface area contributed by atoms with Crippen molar-refractivity contribution < 1.29 is 0 Å². The molecule has 0 fully saturated rings. The lowest BCUT2D eigenvalue weighted by Crippen LogP contribution is -1.91. The van der Waals surface area contributed by atoms with Crippen molar-refractivity contribution in [2.24, 2.45) is 0 Å². The molecule has 3 aromatic rings. The van der Waals surface area contributed by atoms with E-state index in [0.29, 0.717) is 0 Å². The van der Waals surface area contributed by atoms with E-state index >= 15 is 0 Å². The molecule has 1 aromatic heterocycles. The average Bonchev–Trinajstić information content (AvgIpc) is 2.84. The fraction of sp³-hybridized carbons (Fsp3) is 0.0667. The molecule has 0 amide bonds. The Morgan fingerprint density at radius 1 is 1.00 bits per heavy atom. The number of fused-ring (bicyclic) bond motifs is 1. The SMILES string of the molecule is ClC(c1cc2ccccc2s1)c1cc(Br)ccc1Br. The van der Waals surface area contributed by atoms with E-state index in [2.05, 4.69) is 68.3 Å². The molecule has 0 aliphatic carbocycles. The number of halogens is 3. The van der Waals surface area contributed by atoms with Gasteiger partial charge in [-0.2, -0.15) is 0 Å². The molecule has 3 rings (SSSR count). The van der Waals surface area contributed by atoms with Gasteiger partial charge in [0.1, 0.15) is 0 Å². The molecule has 19 heavy (non-hydrogen) atoms. The van der Waals surface area contributed by atoms with Gasteiger partial charge in [-0.1, -0.05) is 50.1 Å². The Morgan fingerprint density at radius 3 is 2.58 bits per heavy atom. The number of rotatable bonds is 2. The number of thiophene rings is 1. The standard InChI is InChI=1S/C15H9Br2ClS/c16-10-5-6-12(17)11(8-10)15(18)14-7-9-3-1-2-4-13(9)19-14/h1-8,15H. The molecule has 0 bridgehead atoms. The molecule has 0 saturated heterocycles. The summed E-state index contributed by atoms with van der Waals surface area (Å²) in [5, 5.41) is 1.11. The molecule has 0 spiro atoms. The Bertz CT molecular complexity index is 703. The van der Waals surface area contributed by atoms with Gasteiger partial charge in [0.25, 0.3) is 0 Å². The largest absolute Gasteiger partial charge is 0.138 e. The predicted octanol–water partition coefficient (Wildman–Crippen LogP) is 6.75. The Balaban J connectivity index is 2.07. The van der Waals surface area contributed by atoms with Gasteiger partial charge in [-0.25, -0.2) is 0 Å². The minimum atomic E-state index is -0.135. The van der Waals surface area contributed by atoms with Gasteiger partial charge < -0.3 is 0 Å². The molecular formula is C15H9Br2ClS. The van der Waals surface area contributed by atoms with Crippen molar-refractivity contribution >= 4 is 64.9 Å². The summed E-state index contributed by atoms with van der Waals surface area (Å²) in [5.74, 6) is 0. The summed E-state index contributed by atoms with van der Waals surface area (Å²) < 4.78 is 3.35. The quantitative estimate of drug-likeness (QED) is 0.405. The van der Waals surface area contributed by atoms with Crippen LogP contribution in [0.3, 0.4) is 0 Å². The zero-order chi connectivity index (χ0) is 13.4. The Labute approximate surface area is 137 Å². The highest BCUT2D eigenvalue weighted by Gasteiger charge is 2.17. The van der Waals surface area contributed by atoms with Crippen molar-refractivity contribution in [1.82, 2.24) is 0 Å². The van der Waals surface area contributed by atoms with E-state index in [1.165, 1.54) is 15.0 Å². The van der Waals surface area contributed by atoms with Gasteiger partial charge in [0, 0.05) is 18.5 Å². The van der Waals surface area contributed by atoms with Crippen molar-refractivity contribution in [1.29, 1.82) is 0 Å². The van der Waals surface area contributed by atoms with Gasteiger partial charge in [-0.3, -0.25) is 0 Å². The number of alkyl halides is 1. The molecule has 1 heterocycles. The third-order valence-corrected chi connectivity index (χ3v) is 5.92. The second-order valence-electron chi connectivity index (χ2n) is 4.21. The van der Waals surface area contributed by atoms with Crippen molar-refractivity contribution in [2.45, 2.75) is 5.38 Å². The van der Waals surface area contributed by atoms with Gasteiger partial charge >= 0.3 is 0 Å². The lowest BCUT2D eigenvalue weighted by molar-refractivity contribution is 1.17. The van der Waals surface area contributed by atoms with E-state index in [1.807, 2.05) is 12.1 Å². The smallest absolute Gasteiger partial charge is 0.0939 e. The van der Waals surface area contributed by atoms with Crippen LogP contribution in [-0.4, -0.2) is 0 Å². The number of hydrogen-bond acceptors (Lipinski definition) is 1. The van der Waals surface area contributed by atoms with Gasteiger partial charge in [-0.15, -0.1) is 22.9 Å². The molecular weight excluding hydrogens is 407 g/mol. The first-order valence-corrected chi connectivity index (χ1v) is 8.56. The van der Waals surface area contributed by atoms with Crippen LogP contribution in [0.4, 0.5) is 0 Å². The summed E-state index contributed by atoms with van der Waals surface area (Å²) in [6.07, 6.45) is 0. The first kappa shape index (κ1) is 13.6. The summed E-state index contributed by atoms with van der Waals surface area (Å²) in [7, 11) is 0. The van der Waals surface area contributed by atoms with Crippen LogP contribution in [0.15, 0.2) is 57.5 Å². The first-order chi connectivity index (χ1) is 9.15. The molecule has 0 aliphatic rings. The highest BCUT2D eigenvalue weighted by Crippen LogP contribution is 2.40. The molecule has 2 aromatic carbocycles. The van der Waals surface area contributed by atoms with Crippen molar-refractivity contribution in [3.8, 4) is 0 Å². The fourth-order valence-corrected chi connectivity index (χ4v) is 4.41. The molecule has 0 N–H and O–H groups in total. The number of hydrogen-bond donors (Lipinski definition) is 0. The molecule has 0 saturated carbocycles. The summed E-state index contributed by atoms with van der Waals surface area (Å²) in [4.78, 5) is 1.17. The second kappa shape index (κ2) is 5.57. The molecule has 0 radical (unpaired) electrons. The fourth-order valence-electron chi connectivity index (χ4n) is 1.99. The van der Waals surface area contributed by atoms with Crippen LogP contribution in [0.25, 0.3) is 10.1 Å². The minimum absolute atomic E-state index is 0.135. The van der Waals surface area contributed by atoms with Gasteiger partial charge in [0.15, 0.2) is 0 Å². The van der Waals surface area contributed by atoms with Crippen LogP contribution in [0.1, 0.15) is 15.8 Å². The minimum Gasteiger partial charge on any atom is -0.138 e. The third-order valence-electron chi connectivity index (χ3n) is 2.93. The topological polar surface area (TPSA) is 0 Å². The van der Waals surface area contributed by atoms with Crippen LogP contribution < -0.4 is 0 Å². The van der Waals surface area contributed by atoms with Crippen LogP contribution in [0.5, 0.6) is 0 Å². The second-order valence-corrected chi connectivity index (χ2v) is 7.54. The Hall–Kier alpha value is -0.350. The van der Waals surface area contributed by atoms with Crippen LogP contribution in [-0.2, 0) is 0 Å². The van der Waals surface area contributed by atoms with Crippen molar-refractivity contribution in [3.05, 3.63) is 67.9 Å². The van der Waals surface area contributed by atoms with E-state index in [4.69, 9.17) is 11.6 Å². The highest BCUT2D eigenvalue weighted by molar-refractivity contribution is 9.11. The van der Waals surface area contributed by atoms with Crippen LogP contribution in [0.2, 0.25) is 0 Å². The van der Waals surface area contributed by atoms with Crippen LogP contribution >= 0.6 is 54.8 Å². The highest BCUT2D eigenvalue weighted by atomic mass is 79.9. The maximum absolute atomic E-state index is 6.64. The Morgan fingerprint density at radius 2 is 1.79 bits per heavy atom. The van der Waals surface area contributed by atoms with E-state index in [0.717, 1.165) is 14.5 Å². The number of benzene rings is 2. The van der Waals surface area contributed by atoms with E-state index in [-0.39, 0.29) is 5.38 Å². The van der Waals surface area contributed by atoms with Crippen molar-refractivity contribution in [3.63, 3.8) is 0 Å². The maximum atomic E-state index is 6.64. The monoisotopic (exact) mass is 414 g/mol. The zero-order valence-electron chi connectivity index (χ0n) is 9.74. The molecule has 96 valence electrons. The normalized spacial score (nSPS) is 12.8. The summed E-state index contributed by atoms with van der Waals surface area (Å²) >= 11 is 15.5. The predicted molar refractivity (Wildman–Crippen MR) is 91.4 cm³/mol.